The van der Waals surface area contributed by atoms with Gasteiger partial charge in [-0.25, -0.2) is 0 Å². The Morgan fingerprint density at radius 3 is 1.39 bits per heavy atom. The van der Waals surface area contributed by atoms with E-state index in [0.29, 0.717) is 12.1 Å². The highest BCUT2D eigenvalue weighted by Gasteiger charge is 2.18. The first-order chi connectivity index (χ1) is 10.5. The number of fused-ring (bicyclic) bond motifs is 2. The molecule has 4 N–H and O–H groups in total. The van der Waals surface area contributed by atoms with Crippen molar-refractivity contribution in [3.63, 3.8) is 0 Å². The first kappa shape index (κ1) is 19.1. The van der Waals surface area contributed by atoms with Crippen LogP contribution in [0.4, 0.5) is 0 Å². The predicted octanol–water partition coefficient (Wildman–Crippen LogP) is 4.33. The molecule has 0 spiro atoms. The maximum Gasteiger partial charge on any atom is 0.0178 e. The fourth-order valence-electron chi connectivity index (χ4n) is 3.24. The van der Waals surface area contributed by atoms with E-state index in [-0.39, 0.29) is 17.0 Å². The van der Waals surface area contributed by atoms with E-state index in [1.54, 1.807) is 0 Å². The fraction of sp³-hybridized carbons (Fsp3) is 0.333. The van der Waals surface area contributed by atoms with Gasteiger partial charge < -0.3 is 11.5 Å². The maximum absolute atomic E-state index is 5.82. The summed E-state index contributed by atoms with van der Waals surface area (Å²) in [4.78, 5) is 0. The lowest BCUT2D eigenvalue weighted by Crippen LogP contribution is -2.18. The van der Waals surface area contributed by atoms with E-state index >= 15 is 0 Å². The van der Waals surface area contributed by atoms with Gasteiger partial charge in [-0.15, -0.1) is 17.0 Å². The zero-order valence-electron chi connectivity index (χ0n) is 12.8. The van der Waals surface area contributed by atoms with Crippen LogP contribution in [0, 0.1) is 0 Å². The second-order valence-corrected chi connectivity index (χ2v) is 7.99. The Morgan fingerprint density at radius 1 is 0.652 bits per heavy atom. The lowest BCUT2D eigenvalue weighted by Gasteiger charge is -1.96. The summed E-state index contributed by atoms with van der Waals surface area (Å²) in [6.07, 6.45) is 4.16. The molecule has 2 aliphatic rings. The van der Waals surface area contributed by atoms with Gasteiger partial charge in [0.05, 0.1) is 0 Å². The molecule has 4 rings (SSSR count). The lowest BCUT2D eigenvalue weighted by molar-refractivity contribution is 0.721. The van der Waals surface area contributed by atoms with Gasteiger partial charge in [0, 0.05) is 21.0 Å². The molecule has 0 amide bonds. The van der Waals surface area contributed by atoms with Gasteiger partial charge in [0.15, 0.2) is 0 Å². The Kier molecular flexibility index (Phi) is 6.87. The SMILES string of the molecule is Br.NC1Cc2ccc(Br)cc2C1.N[C@@H]1Cc2ccc(Br)cc2C1. The zero-order chi connectivity index (χ0) is 15.7. The molecule has 2 aromatic rings. The van der Waals surface area contributed by atoms with Gasteiger partial charge >= 0.3 is 0 Å². The molecule has 0 heterocycles. The summed E-state index contributed by atoms with van der Waals surface area (Å²) < 4.78 is 2.32. The molecular formula is C18H21Br3N2. The van der Waals surface area contributed by atoms with E-state index in [2.05, 4.69) is 68.3 Å². The minimum atomic E-state index is 0. The van der Waals surface area contributed by atoms with Crippen LogP contribution in [0.3, 0.4) is 0 Å². The summed E-state index contributed by atoms with van der Waals surface area (Å²) in [6, 6.07) is 13.5. The summed E-state index contributed by atoms with van der Waals surface area (Å²) in [6.45, 7) is 0. The van der Waals surface area contributed by atoms with Crippen LogP contribution in [0.2, 0.25) is 0 Å². The largest absolute Gasteiger partial charge is 0.327 e. The summed E-state index contributed by atoms with van der Waals surface area (Å²) in [5.74, 6) is 0. The van der Waals surface area contributed by atoms with Crippen LogP contribution in [0.5, 0.6) is 0 Å². The van der Waals surface area contributed by atoms with Crippen LogP contribution in [-0.4, -0.2) is 12.1 Å². The van der Waals surface area contributed by atoms with Crippen molar-refractivity contribution in [3.05, 3.63) is 67.6 Å². The molecule has 0 saturated heterocycles. The minimum absolute atomic E-state index is 0. The molecule has 0 aliphatic heterocycles. The summed E-state index contributed by atoms with van der Waals surface area (Å²) in [5, 5.41) is 0. The van der Waals surface area contributed by atoms with Crippen LogP contribution < -0.4 is 11.5 Å². The predicted molar refractivity (Wildman–Crippen MR) is 109 cm³/mol. The highest BCUT2D eigenvalue weighted by molar-refractivity contribution is 9.10. The molecule has 0 aromatic heterocycles. The first-order valence-electron chi connectivity index (χ1n) is 7.57. The van der Waals surface area contributed by atoms with E-state index in [4.69, 9.17) is 11.5 Å². The third kappa shape index (κ3) is 4.89. The molecule has 0 fully saturated rings. The number of hydrogen-bond acceptors (Lipinski definition) is 2. The third-order valence-electron chi connectivity index (χ3n) is 4.27. The van der Waals surface area contributed by atoms with Crippen LogP contribution in [0.25, 0.3) is 0 Å². The van der Waals surface area contributed by atoms with E-state index in [1.807, 2.05) is 0 Å². The molecule has 1 unspecified atom stereocenters. The Bertz CT molecular complexity index is 628. The van der Waals surface area contributed by atoms with Crippen molar-refractivity contribution in [1.82, 2.24) is 0 Å². The van der Waals surface area contributed by atoms with Crippen molar-refractivity contribution in [2.24, 2.45) is 11.5 Å². The van der Waals surface area contributed by atoms with E-state index < -0.39 is 0 Å². The van der Waals surface area contributed by atoms with Crippen LogP contribution in [0.1, 0.15) is 22.3 Å². The second kappa shape index (κ2) is 8.26. The standard InChI is InChI=1S/2C9H10BrN.BrH/c2*10-8-2-1-6-4-9(11)5-7(6)3-8;/h2*1-3,9H,4-5,11H2;1H/t9-;;/m1../s1. The fourth-order valence-corrected chi connectivity index (χ4v) is 4.06. The molecule has 0 radical (unpaired) electrons. The van der Waals surface area contributed by atoms with Gasteiger partial charge in [0.25, 0.3) is 0 Å². The normalized spacial score (nSPS) is 20.9. The second-order valence-electron chi connectivity index (χ2n) is 6.16. The molecule has 124 valence electrons. The Hall–Kier alpha value is -0.200. The highest BCUT2D eigenvalue weighted by Crippen LogP contribution is 2.25. The molecule has 2 aromatic carbocycles. The van der Waals surface area contributed by atoms with Crippen molar-refractivity contribution in [2.45, 2.75) is 37.8 Å². The van der Waals surface area contributed by atoms with Crippen molar-refractivity contribution in [3.8, 4) is 0 Å². The minimum Gasteiger partial charge on any atom is -0.327 e. The highest BCUT2D eigenvalue weighted by atomic mass is 79.9. The van der Waals surface area contributed by atoms with E-state index in [9.17, 15) is 0 Å². The quantitative estimate of drug-likeness (QED) is 0.561. The van der Waals surface area contributed by atoms with Gasteiger partial charge in [-0.1, -0.05) is 44.0 Å². The molecule has 2 nitrogen and oxygen atoms in total. The average molecular weight is 505 g/mol. The number of benzene rings is 2. The average Bonchev–Trinajstić information content (AvgIpc) is 2.99. The van der Waals surface area contributed by atoms with E-state index in [0.717, 1.165) is 34.6 Å². The van der Waals surface area contributed by atoms with Gasteiger partial charge in [0.2, 0.25) is 0 Å². The summed E-state index contributed by atoms with van der Waals surface area (Å²) >= 11 is 6.89. The number of nitrogens with two attached hydrogens (primary N) is 2. The van der Waals surface area contributed by atoms with Crippen LogP contribution in [-0.2, 0) is 25.7 Å². The van der Waals surface area contributed by atoms with Crippen molar-refractivity contribution < 1.29 is 0 Å². The topological polar surface area (TPSA) is 52.0 Å². The first-order valence-corrected chi connectivity index (χ1v) is 9.15. The molecule has 2 atom stereocenters. The molecule has 0 bridgehead atoms. The Labute approximate surface area is 165 Å². The molecule has 23 heavy (non-hydrogen) atoms. The summed E-state index contributed by atoms with van der Waals surface area (Å²) in [5.41, 5.74) is 17.3. The van der Waals surface area contributed by atoms with E-state index in [1.165, 1.54) is 22.3 Å². The van der Waals surface area contributed by atoms with Crippen molar-refractivity contribution in [1.29, 1.82) is 0 Å². The summed E-state index contributed by atoms with van der Waals surface area (Å²) in [7, 11) is 0. The lowest BCUT2D eigenvalue weighted by atomic mass is 10.1. The van der Waals surface area contributed by atoms with Crippen LogP contribution in [0.15, 0.2) is 45.3 Å². The number of hydrogen-bond donors (Lipinski definition) is 2. The van der Waals surface area contributed by atoms with Crippen LogP contribution >= 0.6 is 48.8 Å². The number of halogens is 3. The Morgan fingerprint density at radius 2 is 1.00 bits per heavy atom. The maximum atomic E-state index is 5.82. The van der Waals surface area contributed by atoms with Crippen molar-refractivity contribution in [2.75, 3.05) is 0 Å². The van der Waals surface area contributed by atoms with Gasteiger partial charge in [-0.3, -0.25) is 0 Å². The monoisotopic (exact) mass is 502 g/mol. The molecule has 0 saturated carbocycles. The van der Waals surface area contributed by atoms with Gasteiger partial charge in [-0.2, -0.15) is 0 Å². The third-order valence-corrected chi connectivity index (χ3v) is 5.25. The van der Waals surface area contributed by atoms with Crippen molar-refractivity contribution >= 4 is 48.8 Å². The molecular weight excluding hydrogens is 484 g/mol. The molecule has 5 heteroatoms. The van der Waals surface area contributed by atoms with Gasteiger partial charge in [0.1, 0.15) is 0 Å². The molecule has 2 aliphatic carbocycles. The zero-order valence-corrected chi connectivity index (χ0v) is 17.7. The number of rotatable bonds is 0. The Balaban J connectivity index is 0.000000160. The van der Waals surface area contributed by atoms with Gasteiger partial charge in [-0.05, 0) is 72.2 Å². The smallest absolute Gasteiger partial charge is 0.0178 e.